The zero-order chi connectivity index (χ0) is 14.6. The fraction of sp³-hybridized carbons (Fsp3) is 0.529. The van der Waals surface area contributed by atoms with Gasteiger partial charge in [0.05, 0.1) is 18.6 Å². The Hall–Kier alpha value is -1.52. The van der Waals surface area contributed by atoms with E-state index in [1.807, 2.05) is 6.08 Å². The van der Waals surface area contributed by atoms with Crippen molar-refractivity contribution in [2.45, 2.75) is 43.9 Å². The summed E-state index contributed by atoms with van der Waals surface area (Å²) < 4.78 is 11.8. The lowest BCUT2D eigenvalue weighted by molar-refractivity contribution is 0.0851. The van der Waals surface area contributed by atoms with Crippen LogP contribution in [0, 0.1) is 6.92 Å². The van der Waals surface area contributed by atoms with Crippen LogP contribution in [0.3, 0.4) is 0 Å². The molecule has 0 fully saturated rings. The third-order valence-electron chi connectivity index (χ3n) is 5.18. The number of hydrogen-bond donors (Lipinski definition) is 2. The van der Waals surface area contributed by atoms with Gasteiger partial charge in [-0.25, -0.2) is 0 Å². The normalized spacial score (nSPS) is 32.9. The van der Waals surface area contributed by atoms with Gasteiger partial charge in [0.2, 0.25) is 0 Å². The molecule has 0 saturated carbocycles. The first-order valence-corrected chi connectivity index (χ1v) is 7.61. The highest BCUT2D eigenvalue weighted by atomic mass is 16.5. The summed E-state index contributed by atoms with van der Waals surface area (Å²) in [4.78, 5) is 0. The number of rotatable bonds is 1. The van der Waals surface area contributed by atoms with Gasteiger partial charge in [0.25, 0.3) is 0 Å². The van der Waals surface area contributed by atoms with E-state index in [9.17, 15) is 5.11 Å². The van der Waals surface area contributed by atoms with E-state index < -0.39 is 6.10 Å². The zero-order valence-corrected chi connectivity index (χ0v) is 12.5. The van der Waals surface area contributed by atoms with Gasteiger partial charge in [0.1, 0.15) is 6.10 Å². The van der Waals surface area contributed by atoms with E-state index in [4.69, 9.17) is 9.47 Å². The van der Waals surface area contributed by atoms with Crippen LogP contribution in [0.5, 0.6) is 11.5 Å². The lowest BCUT2D eigenvalue weighted by atomic mass is 9.68. The van der Waals surface area contributed by atoms with Crippen LogP contribution in [0.1, 0.15) is 29.5 Å². The maximum absolute atomic E-state index is 9.97. The fourth-order valence-electron chi connectivity index (χ4n) is 4.11. The minimum atomic E-state index is -0.415. The van der Waals surface area contributed by atoms with Crippen LogP contribution in [-0.2, 0) is 12.0 Å². The highest BCUT2D eigenvalue weighted by Crippen LogP contribution is 2.55. The number of benzene rings is 1. The second-order valence-corrected chi connectivity index (χ2v) is 6.31. The molecule has 1 spiro atoms. The summed E-state index contributed by atoms with van der Waals surface area (Å²) in [6.45, 7) is 3.95. The van der Waals surface area contributed by atoms with Crippen molar-refractivity contribution in [2.75, 3.05) is 13.7 Å². The van der Waals surface area contributed by atoms with E-state index in [0.29, 0.717) is 6.42 Å². The van der Waals surface area contributed by atoms with Gasteiger partial charge >= 0.3 is 0 Å². The molecule has 0 saturated heterocycles. The SMILES string of the molecule is COc1cc(C)c2c3c1O[C@H]1C[C@@H](O)C=C[C@@]31CCNC2. The molecule has 3 atom stereocenters. The highest BCUT2D eigenvalue weighted by molar-refractivity contribution is 5.63. The Balaban J connectivity index is 2.00. The van der Waals surface area contributed by atoms with Gasteiger partial charge in [-0.2, -0.15) is 0 Å². The van der Waals surface area contributed by atoms with Crippen molar-refractivity contribution in [3.63, 3.8) is 0 Å². The van der Waals surface area contributed by atoms with Crippen molar-refractivity contribution in [1.29, 1.82) is 0 Å². The molecule has 112 valence electrons. The summed E-state index contributed by atoms with van der Waals surface area (Å²) in [5.41, 5.74) is 3.72. The van der Waals surface area contributed by atoms with E-state index in [1.54, 1.807) is 7.11 Å². The van der Waals surface area contributed by atoms with Crippen LogP contribution in [0.25, 0.3) is 0 Å². The molecule has 2 aliphatic heterocycles. The maximum Gasteiger partial charge on any atom is 0.166 e. The first-order chi connectivity index (χ1) is 10.2. The summed E-state index contributed by atoms with van der Waals surface area (Å²) in [5.74, 6) is 1.69. The smallest absolute Gasteiger partial charge is 0.166 e. The predicted molar refractivity (Wildman–Crippen MR) is 79.9 cm³/mol. The molecule has 0 amide bonds. The Morgan fingerprint density at radius 1 is 1.48 bits per heavy atom. The maximum atomic E-state index is 9.97. The third kappa shape index (κ3) is 1.69. The van der Waals surface area contributed by atoms with Crippen LogP contribution in [0.4, 0.5) is 0 Å². The van der Waals surface area contributed by atoms with Crippen molar-refractivity contribution in [1.82, 2.24) is 5.32 Å². The van der Waals surface area contributed by atoms with E-state index in [-0.39, 0.29) is 11.5 Å². The Morgan fingerprint density at radius 2 is 2.33 bits per heavy atom. The molecule has 1 aromatic rings. The molecular formula is C17H21NO3. The van der Waals surface area contributed by atoms with Crippen molar-refractivity contribution in [2.24, 2.45) is 0 Å². The van der Waals surface area contributed by atoms with Crippen LogP contribution in [0.15, 0.2) is 18.2 Å². The van der Waals surface area contributed by atoms with Crippen molar-refractivity contribution < 1.29 is 14.6 Å². The average Bonchev–Trinajstić information content (AvgIpc) is 2.67. The topological polar surface area (TPSA) is 50.7 Å². The lowest BCUT2D eigenvalue weighted by Crippen LogP contribution is -2.42. The van der Waals surface area contributed by atoms with Gasteiger partial charge in [0, 0.05) is 18.5 Å². The number of hydrogen-bond acceptors (Lipinski definition) is 4. The van der Waals surface area contributed by atoms with E-state index in [1.165, 1.54) is 16.7 Å². The molecule has 0 radical (unpaired) electrons. The molecule has 1 aliphatic carbocycles. The molecule has 1 aromatic carbocycles. The van der Waals surface area contributed by atoms with Gasteiger partial charge in [-0.3, -0.25) is 0 Å². The minimum absolute atomic E-state index is 0.00171. The average molecular weight is 287 g/mol. The number of aliphatic hydroxyl groups is 1. The van der Waals surface area contributed by atoms with Gasteiger partial charge in [0.15, 0.2) is 11.5 Å². The molecule has 4 rings (SSSR count). The molecule has 4 nitrogen and oxygen atoms in total. The van der Waals surface area contributed by atoms with E-state index >= 15 is 0 Å². The third-order valence-corrected chi connectivity index (χ3v) is 5.18. The minimum Gasteiger partial charge on any atom is -0.493 e. The standard InChI is InChI=1S/C17H21NO3/c1-10-7-13(20-2)16-15-12(10)9-18-6-5-17(15)4-3-11(19)8-14(17)21-16/h3-4,7,11,14,18-19H,5-6,8-9H2,1-2H3/t11-,14-,17-/m0/s1. The Labute approximate surface area is 124 Å². The second kappa shape index (κ2) is 4.49. The van der Waals surface area contributed by atoms with Crippen LogP contribution in [-0.4, -0.2) is 31.0 Å². The van der Waals surface area contributed by atoms with Gasteiger partial charge in [-0.1, -0.05) is 12.2 Å². The molecule has 0 aromatic heterocycles. The molecule has 3 aliphatic rings. The number of methoxy groups -OCH3 is 1. The summed E-state index contributed by atoms with van der Waals surface area (Å²) in [6, 6.07) is 2.06. The molecular weight excluding hydrogens is 266 g/mol. The lowest BCUT2D eigenvalue weighted by Gasteiger charge is -2.35. The highest BCUT2D eigenvalue weighted by Gasteiger charge is 2.52. The summed E-state index contributed by atoms with van der Waals surface area (Å²) >= 11 is 0. The van der Waals surface area contributed by atoms with Crippen molar-refractivity contribution in [3.05, 3.63) is 34.9 Å². The number of ether oxygens (including phenoxy) is 2. The summed E-state index contributed by atoms with van der Waals surface area (Å²) in [5, 5.41) is 13.5. The van der Waals surface area contributed by atoms with Crippen LogP contribution < -0.4 is 14.8 Å². The zero-order valence-electron chi connectivity index (χ0n) is 12.5. The molecule has 0 unspecified atom stereocenters. The van der Waals surface area contributed by atoms with Gasteiger partial charge < -0.3 is 19.9 Å². The molecule has 2 N–H and O–H groups in total. The quantitative estimate of drug-likeness (QED) is 0.774. The summed E-state index contributed by atoms with van der Waals surface area (Å²) in [7, 11) is 1.69. The number of aliphatic hydroxyl groups excluding tert-OH is 1. The molecule has 21 heavy (non-hydrogen) atoms. The molecule has 2 heterocycles. The largest absolute Gasteiger partial charge is 0.493 e. The van der Waals surface area contributed by atoms with Crippen molar-refractivity contribution >= 4 is 0 Å². The van der Waals surface area contributed by atoms with Crippen molar-refractivity contribution in [3.8, 4) is 11.5 Å². The van der Waals surface area contributed by atoms with Gasteiger partial charge in [-0.15, -0.1) is 0 Å². The Morgan fingerprint density at radius 3 is 3.14 bits per heavy atom. The van der Waals surface area contributed by atoms with E-state index in [2.05, 4.69) is 24.4 Å². The Bertz CT molecular complexity index is 625. The molecule has 0 bridgehead atoms. The second-order valence-electron chi connectivity index (χ2n) is 6.31. The number of aryl methyl sites for hydroxylation is 1. The first-order valence-electron chi connectivity index (χ1n) is 7.61. The summed E-state index contributed by atoms with van der Waals surface area (Å²) in [6.07, 6.45) is 5.33. The van der Waals surface area contributed by atoms with Crippen LogP contribution >= 0.6 is 0 Å². The van der Waals surface area contributed by atoms with Crippen LogP contribution in [0.2, 0.25) is 0 Å². The Kier molecular flexibility index (Phi) is 2.81. The molecule has 4 heteroatoms. The monoisotopic (exact) mass is 287 g/mol. The number of nitrogens with one attached hydrogen (secondary N) is 1. The predicted octanol–water partition coefficient (Wildman–Crippen LogP) is 1.82. The first kappa shape index (κ1) is 13.2. The fourth-order valence-corrected chi connectivity index (χ4v) is 4.11. The van der Waals surface area contributed by atoms with E-state index in [0.717, 1.165) is 31.0 Å². The van der Waals surface area contributed by atoms with Gasteiger partial charge in [-0.05, 0) is 37.1 Å².